The number of rotatable bonds is 5. The zero-order valence-electron chi connectivity index (χ0n) is 11.9. The Morgan fingerprint density at radius 1 is 1.27 bits per heavy atom. The third-order valence-electron chi connectivity index (χ3n) is 3.14. The summed E-state index contributed by atoms with van der Waals surface area (Å²) in [6, 6.07) is 10.6. The lowest BCUT2D eigenvalue weighted by molar-refractivity contribution is 0.603. The van der Waals surface area contributed by atoms with Gasteiger partial charge in [0.25, 0.3) is 10.0 Å². The minimum absolute atomic E-state index is 0.327. The quantitative estimate of drug-likeness (QED) is 0.750. The first kappa shape index (κ1) is 14.8. The van der Waals surface area contributed by atoms with E-state index in [4.69, 9.17) is 0 Å². The van der Waals surface area contributed by atoms with Crippen LogP contribution in [0.1, 0.15) is 11.8 Å². The second kappa shape index (κ2) is 5.94. The lowest BCUT2D eigenvalue weighted by atomic mass is 10.2. The summed E-state index contributed by atoms with van der Waals surface area (Å²) in [5, 5.41) is 0. The van der Waals surface area contributed by atoms with Crippen molar-refractivity contribution in [3.05, 3.63) is 53.7 Å². The first-order valence-corrected chi connectivity index (χ1v) is 9.10. The maximum atomic E-state index is 12.4. The Morgan fingerprint density at radius 2 is 2.14 bits per heavy atom. The van der Waals surface area contributed by atoms with Crippen LogP contribution in [0.4, 0.5) is 5.69 Å². The van der Waals surface area contributed by atoms with E-state index >= 15 is 0 Å². The third kappa shape index (κ3) is 3.05. The highest BCUT2D eigenvalue weighted by molar-refractivity contribution is 7.94. The number of aromatic amines is 1. The predicted molar refractivity (Wildman–Crippen MR) is 88.5 cm³/mol. The van der Waals surface area contributed by atoms with Crippen molar-refractivity contribution in [3.8, 4) is 11.4 Å². The van der Waals surface area contributed by atoms with Crippen LogP contribution in [-0.4, -0.2) is 18.4 Å². The molecule has 0 spiro atoms. The molecular weight excluding hydrogens is 318 g/mol. The fourth-order valence-corrected chi connectivity index (χ4v) is 4.40. The van der Waals surface area contributed by atoms with Gasteiger partial charge in [0, 0.05) is 28.5 Å². The molecule has 1 aromatic carbocycles. The standard InChI is InChI=1S/C15H15N3O2S2/c1-2-13-6-7-14(21-13)22(19,20)18-12-5-3-4-11(10-12)15-16-8-9-17-15/h3-10,18H,2H2,1H3,(H,16,17). The lowest BCUT2D eigenvalue weighted by Crippen LogP contribution is -2.11. The lowest BCUT2D eigenvalue weighted by Gasteiger charge is -2.07. The summed E-state index contributed by atoms with van der Waals surface area (Å²) < 4.78 is 27.8. The normalized spacial score (nSPS) is 11.5. The first-order valence-electron chi connectivity index (χ1n) is 6.80. The van der Waals surface area contributed by atoms with Crippen LogP contribution in [0.5, 0.6) is 0 Å². The van der Waals surface area contributed by atoms with Crippen molar-refractivity contribution < 1.29 is 8.42 Å². The van der Waals surface area contributed by atoms with Crippen molar-refractivity contribution in [1.29, 1.82) is 0 Å². The second-order valence-electron chi connectivity index (χ2n) is 4.70. The number of imidazole rings is 1. The smallest absolute Gasteiger partial charge is 0.271 e. The van der Waals surface area contributed by atoms with Crippen LogP contribution in [0.2, 0.25) is 0 Å². The number of nitrogens with one attached hydrogen (secondary N) is 2. The average Bonchev–Trinajstić information content (AvgIpc) is 3.19. The summed E-state index contributed by atoms with van der Waals surface area (Å²) in [5.41, 5.74) is 1.34. The molecule has 0 aliphatic rings. The summed E-state index contributed by atoms with van der Waals surface area (Å²) in [5.74, 6) is 0.699. The minimum Gasteiger partial charge on any atom is -0.345 e. The number of benzene rings is 1. The molecule has 3 rings (SSSR count). The molecule has 0 atom stereocenters. The number of anilines is 1. The molecule has 0 saturated heterocycles. The Kier molecular flexibility index (Phi) is 4.00. The van der Waals surface area contributed by atoms with Crippen LogP contribution in [0.25, 0.3) is 11.4 Å². The van der Waals surface area contributed by atoms with E-state index in [1.54, 1.807) is 36.7 Å². The van der Waals surface area contributed by atoms with Crippen LogP contribution in [0.3, 0.4) is 0 Å². The van der Waals surface area contributed by atoms with E-state index in [0.717, 1.165) is 16.9 Å². The fraction of sp³-hybridized carbons (Fsp3) is 0.133. The molecule has 5 nitrogen and oxygen atoms in total. The van der Waals surface area contributed by atoms with Gasteiger partial charge in [-0.1, -0.05) is 19.1 Å². The van der Waals surface area contributed by atoms with Crippen LogP contribution >= 0.6 is 11.3 Å². The van der Waals surface area contributed by atoms with E-state index in [1.807, 2.05) is 19.1 Å². The molecule has 0 saturated carbocycles. The molecule has 114 valence electrons. The molecule has 0 bridgehead atoms. The highest BCUT2D eigenvalue weighted by Crippen LogP contribution is 2.26. The van der Waals surface area contributed by atoms with E-state index in [2.05, 4.69) is 14.7 Å². The van der Waals surface area contributed by atoms with E-state index in [-0.39, 0.29) is 0 Å². The van der Waals surface area contributed by atoms with Crippen molar-refractivity contribution in [3.63, 3.8) is 0 Å². The highest BCUT2D eigenvalue weighted by atomic mass is 32.2. The van der Waals surface area contributed by atoms with Crippen molar-refractivity contribution in [2.24, 2.45) is 0 Å². The summed E-state index contributed by atoms with van der Waals surface area (Å²) in [6.45, 7) is 2.00. The number of thiophene rings is 1. The molecule has 0 aliphatic heterocycles. The van der Waals surface area contributed by atoms with E-state index in [0.29, 0.717) is 15.7 Å². The van der Waals surface area contributed by atoms with Gasteiger partial charge >= 0.3 is 0 Å². The Morgan fingerprint density at radius 3 is 2.82 bits per heavy atom. The number of nitrogens with zero attached hydrogens (tertiary/aromatic N) is 1. The molecule has 22 heavy (non-hydrogen) atoms. The van der Waals surface area contributed by atoms with Gasteiger partial charge in [0.1, 0.15) is 10.0 Å². The van der Waals surface area contributed by atoms with Gasteiger partial charge in [0.2, 0.25) is 0 Å². The highest BCUT2D eigenvalue weighted by Gasteiger charge is 2.17. The summed E-state index contributed by atoms with van der Waals surface area (Å²) in [7, 11) is -3.55. The van der Waals surface area contributed by atoms with Crippen molar-refractivity contribution in [2.75, 3.05) is 4.72 Å². The van der Waals surface area contributed by atoms with Crippen molar-refractivity contribution in [1.82, 2.24) is 9.97 Å². The molecule has 0 aliphatic carbocycles. The number of hydrogen-bond donors (Lipinski definition) is 2. The number of aromatic nitrogens is 2. The molecule has 3 aromatic rings. The third-order valence-corrected chi connectivity index (χ3v) is 6.24. The van der Waals surface area contributed by atoms with Crippen LogP contribution < -0.4 is 4.72 Å². The van der Waals surface area contributed by atoms with Gasteiger partial charge in [0.15, 0.2) is 0 Å². The first-order chi connectivity index (χ1) is 10.6. The minimum atomic E-state index is -3.55. The van der Waals surface area contributed by atoms with Gasteiger partial charge < -0.3 is 4.98 Å². The average molecular weight is 333 g/mol. The topological polar surface area (TPSA) is 74.8 Å². The summed E-state index contributed by atoms with van der Waals surface area (Å²) in [6.07, 6.45) is 4.21. The zero-order chi connectivity index (χ0) is 15.6. The molecule has 0 fully saturated rings. The number of aryl methyl sites for hydroxylation is 1. The van der Waals surface area contributed by atoms with Gasteiger partial charge in [-0.2, -0.15) is 0 Å². The molecule has 0 unspecified atom stereocenters. The van der Waals surface area contributed by atoms with Crippen LogP contribution in [0.15, 0.2) is 53.0 Å². The van der Waals surface area contributed by atoms with E-state index in [1.165, 1.54) is 11.3 Å². The van der Waals surface area contributed by atoms with E-state index in [9.17, 15) is 8.42 Å². The van der Waals surface area contributed by atoms with Gasteiger partial charge in [-0.25, -0.2) is 13.4 Å². The Balaban J connectivity index is 1.88. The molecular formula is C15H15N3O2S2. The number of sulfonamides is 1. The molecule has 2 aromatic heterocycles. The largest absolute Gasteiger partial charge is 0.345 e. The maximum Gasteiger partial charge on any atom is 0.271 e. The molecule has 0 radical (unpaired) electrons. The molecule has 2 N–H and O–H groups in total. The monoisotopic (exact) mass is 333 g/mol. The Bertz CT molecular complexity index is 868. The van der Waals surface area contributed by atoms with Crippen molar-refractivity contribution >= 4 is 27.0 Å². The molecule has 7 heteroatoms. The molecule has 2 heterocycles. The predicted octanol–water partition coefficient (Wildman–Crippen LogP) is 3.50. The van der Waals surface area contributed by atoms with Gasteiger partial charge in [-0.05, 0) is 30.7 Å². The second-order valence-corrected chi connectivity index (χ2v) is 7.78. The van der Waals surface area contributed by atoms with Gasteiger partial charge in [0.05, 0.1) is 0 Å². The van der Waals surface area contributed by atoms with Crippen molar-refractivity contribution in [2.45, 2.75) is 17.6 Å². The number of hydrogen-bond acceptors (Lipinski definition) is 4. The van der Waals surface area contributed by atoms with Crippen LogP contribution in [-0.2, 0) is 16.4 Å². The Labute approximate surface area is 133 Å². The fourth-order valence-electron chi connectivity index (χ4n) is 2.05. The summed E-state index contributed by atoms with van der Waals surface area (Å²) in [4.78, 5) is 8.21. The SMILES string of the molecule is CCc1ccc(S(=O)(=O)Nc2cccc(-c3ncc[nH]3)c2)s1. The molecule has 0 amide bonds. The zero-order valence-corrected chi connectivity index (χ0v) is 13.5. The summed E-state index contributed by atoms with van der Waals surface area (Å²) >= 11 is 1.29. The van der Waals surface area contributed by atoms with E-state index < -0.39 is 10.0 Å². The Hall–Kier alpha value is -2.12. The van der Waals surface area contributed by atoms with Crippen LogP contribution in [0, 0.1) is 0 Å². The van der Waals surface area contributed by atoms with Gasteiger partial charge in [-0.3, -0.25) is 4.72 Å². The number of H-pyrrole nitrogens is 1. The maximum absolute atomic E-state index is 12.4. The van der Waals surface area contributed by atoms with Gasteiger partial charge in [-0.15, -0.1) is 11.3 Å².